The molecule has 26 heavy (non-hydrogen) atoms. The van der Waals surface area contributed by atoms with Gasteiger partial charge in [-0.15, -0.1) is 11.8 Å². The van der Waals surface area contributed by atoms with Crippen LogP contribution in [0.25, 0.3) is 0 Å². The summed E-state index contributed by atoms with van der Waals surface area (Å²) in [5.41, 5.74) is 2.59. The van der Waals surface area contributed by atoms with E-state index in [1.165, 1.54) is 11.1 Å². The number of aromatic nitrogens is 2. The van der Waals surface area contributed by atoms with E-state index in [0.717, 1.165) is 29.6 Å². The molecule has 1 aliphatic heterocycles. The average molecular weight is 389 g/mol. The summed E-state index contributed by atoms with van der Waals surface area (Å²) in [6.07, 6.45) is 12.6. The van der Waals surface area contributed by atoms with Crippen LogP contribution in [0, 0.1) is 6.92 Å². The SMILES string of the molecule is CSc1nccn1Cc1cccc(OCCCSC2N=CC=CN2)c1C. The van der Waals surface area contributed by atoms with Crippen molar-refractivity contribution in [1.82, 2.24) is 14.9 Å². The fourth-order valence-corrected chi connectivity index (χ4v) is 4.02. The third kappa shape index (κ3) is 5.08. The molecule has 1 aromatic heterocycles. The maximum absolute atomic E-state index is 6.03. The molecule has 0 fully saturated rings. The molecule has 1 aromatic carbocycles. The van der Waals surface area contributed by atoms with Crippen molar-refractivity contribution in [1.29, 1.82) is 0 Å². The average Bonchev–Trinajstić information content (AvgIpc) is 3.12. The van der Waals surface area contributed by atoms with Gasteiger partial charge >= 0.3 is 0 Å². The molecule has 1 aliphatic rings. The van der Waals surface area contributed by atoms with Crippen LogP contribution in [0.3, 0.4) is 0 Å². The largest absolute Gasteiger partial charge is 0.493 e. The molecule has 2 aromatic rings. The predicted octanol–water partition coefficient (Wildman–Crippen LogP) is 3.94. The molecule has 0 amide bonds. The summed E-state index contributed by atoms with van der Waals surface area (Å²) in [5, 5.41) is 4.24. The van der Waals surface area contributed by atoms with Gasteiger partial charge in [0.2, 0.25) is 0 Å². The number of ether oxygens (including phenoxy) is 1. The molecule has 3 rings (SSSR count). The minimum Gasteiger partial charge on any atom is -0.493 e. The molecule has 0 radical (unpaired) electrons. The number of nitrogens with one attached hydrogen (secondary N) is 1. The van der Waals surface area contributed by atoms with Crippen LogP contribution in [-0.2, 0) is 6.54 Å². The van der Waals surface area contributed by atoms with Gasteiger partial charge in [0, 0.05) is 37.1 Å². The zero-order valence-electron chi connectivity index (χ0n) is 15.1. The third-order valence-corrected chi connectivity index (χ3v) is 5.86. The third-order valence-electron chi connectivity index (χ3n) is 4.06. The number of nitrogens with zero attached hydrogens (tertiary/aromatic N) is 3. The first-order valence-electron chi connectivity index (χ1n) is 8.60. The van der Waals surface area contributed by atoms with Crippen molar-refractivity contribution in [2.75, 3.05) is 18.6 Å². The topological polar surface area (TPSA) is 51.4 Å². The first-order chi connectivity index (χ1) is 12.8. The van der Waals surface area contributed by atoms with Crippen LogP contribution in [0.2, 0.25) is 0 Å². The summed E-state index contributed by atoms with van der Waals surface area (Å²) < 4.78 is 8.19. The van der Waals surface area contributed by atoms with Crippen LogP contribution in [-0.4, -0.2) is 39.9 Å². The van der Waals surface area contributed by atoms with E-state index in [-0.39, 0.29) is 5.50 Å². The van der Waals surface area contributed by atoms with E-state index in [9.17, 15) is 0 Å². The lowest BCUT2D eigenvalue weighted by Crippen LogP contribution is -2.21. The Hall–Kier alpha value is -1.86. The number of hydrogen-bond donors (Lipinski definition) is 1. The minimum atomic E-state index is 0.130. The van der Waals surface area contributed by atoms with E-state index in [1.807, 2.05) is 43.2 Å². The first kappa shape index (κ1) is 18.9. The van der Waals surface area contributed by atoms with Crippen molar-refractivity contribution in [3.05, 3.63) is 54.0 Å². The van der Waals surface area contributed by atoms with E-state index >= 15 is 0 Å². The summed E-state index contributed by atoms with van der Waals surface area (Å²) in [6.45, 7) is 3.65. The lowest BCUT2D eigenvalue weighted by atomic mass is 10.1. The molecule has 0 aliphatic carbocycles. The zero-order chi connectivity index (χ0) is 18.2. The number of thioether (sulfide) groups is 2. The van der Waals surface area contributed by atoms with Crippen LogP contribution in [0.1, 0.15) is 17.5 Å². The summed E-state index contributed by atoms with van der Waals surface area (Å²) >= 11 is 3.46. The van der Waals surface area contributed by atoms with Gasteiger partial charge in [0.15, 0.2) is 10.7 Å². The molecule has 5 nitrogen and oxygen atoms in total. The van der Waals surface area contributed by atoms with Crippen molar-refractivity contribution in [3.63, 3.8) is 0 Å². The van der Waals surface area contributed by atoms with E-state index < -0.39 is 0 Å². The Morgan fingerprint density at radius 3 is 3.08 bits per heavy atom. The molecule has 0 bridgehead atoms. The van der Waals surface area contributed by atoms with Gasteiger partial charge < -0.3 is 14.6 Å². The normalized spacial score (nSPS) is 15.8. The van der Waals surface area contributed by atoms with E-state index in [4.69, 9.17) is 4.74 Å². The highest BCUT2D eigenvalue weighted by molar-refractivity contribution is 7.99. The van der Waals surface area contributed by atoms with Gasteiger partial charge in [-0.3, -0.25) is 4.99 Å². The fourth-order valence-electron chi connectivity index (χ4n) is 2.66. The quantitative estimate of drug-likeness (QED) is 0.521. The molecule has 1 N–H and O–H groups in total. The number of hydrogen-bond acceptors (Lipinski definition) is 6. The lowest BCUT2D eigenvalue weighted by Gasteiger charge is -2.15. The molecule has 7 heteroatoms. The highest BCUT2D eigenvalue weighted by Gasteiger charge is 2.09. The van der Waals surface area contributed by atoms with E-state index in [1.54, 1.807) is 23.5 Å². The number of imidazole rings is 1. The number of benzene rings is 1. The molecular formula is C19H24N4OS2. The fraction of sp³-hybridized carbons (Fsp3) is 0.368. The highest BCUT2D eigenvalue weighted by atomic mass is 32.2. The summed E-state index contributed by atoms with van der Waals surface area (Å²) in [6, 6.07) is 6.27. The van der Waals surface area contributed by atoms with Crippen LogP contribution in [0.5, 0.6) is 5.75 Å². The van der Waals surface area contributed by atoms with Crippen LogP contribution in [0.4, 0.5) is 0 Å². The van der Waals surface area contributed by atoms with Crippen LogP contribution in [0.15, 0.2) is 53.0 Å². The Morgan fingerprint density at radius 1 is 1.35 bits per heavy atom. The van der Waals surface area contributed by atoms with Gasteiger partial charge in [0.1, 0.15) is 5.75 Å². The zero-order valence-corrected chi connectivity index (χ0v) is 16.7. The van der Waals surface area contributed by atoms with Crippen LogP contribution < -0.4 is 10.1 Å². The minimum absolute atomic E-state index is 0.130. The number of aliphatic imine (C=N–C) groups is 1. The predicted molar refractivity (Wildman–Crippen MR) is 111 cm³/mol. The van der Waals surface area contributed by atoms with Gasteiger partial charge in [-0.1, -0.05) is 23.9 Å². The Morgan fingerprint density at radius 2 is 2.27 bits per heavy atom. The molecule has 0 saturated heterocycles. The molecular weight excluding hydrogens is 364 g/mol. The number of rotatable bonds is 9. The van der Waals surface area contributed by atoms with Gasteiger partial charge in [-0.25, -0.2) is 4.98 Å². The smallest absolute Gasteiger partial charge is 0.167 e. The monoisotopic (exact) mass is 388 g/mol. The second kappa shape index (κ2) is 9.73. The first-order valence-corrected chi connectivity index (χ1v) is 10.9. The number of allylic oxidation sites excluding steroid dienone is 1. The Labute approximate surface area is 163 Å². The highest BCUT2D eigenvalue weighted by Crippen LogP contribution is 2.24. The second-order valence-corrected chi connectivity index (χ2v) is 7.79. The molecule has 138 valence electrons. The maximum Gasteiger partial charge on any atom is 0.167 e. The molecule has 0 spiro atoms. The van der Waals surface area contributed by atoms with Crippen molar-refractivity contribution < 1.29 is 4.74 Å². The maximum atomic E-state index is 6.03. The van der Waals surface area contributed by atoms with Crippen molar-refractivity contribution in [3.8, 4) is 5.75 Å². The summed E-state index contributed by atoms with van der Waals surface area (Å²) in [7, 11) is 0. The van der Waals surface area contributed by atoms with Crippen molar-refractivity contribution >= 4 is 29.7 Å². The lowest BCUT2D eigenvalue weighted by molar-refractivity contribution is 0.316. The molecule has 2 heterocycles. The van der Waals surface area contributed by atoms with Crippen LogP contribution >= 0.6 is 23.5 Å². The molecule has 1 unspecified atom stereocenters. The van der Waals surface area contributed by atoms with E-state index in [0.29, 0.717) is 6.61 Å². The molecule has 1 atom stereocenters. The summed E-state index contributed by atoms with van der Waals surface area (Å²) in [4.78, 5) is 8.72. The Kier molecular flexibility index (Phi) is 7.08. The second-order valence-electron chi connectivity index (χ2n) is 5.83. The van der Waals surface area contributed by atoms with Crippen molar-refractivity contribution in [2.45, 2.75) is 30.5 Å². The van der Waals surface area contributed by atoms with Gasteiger partial charge in [-0.2, -0.15) is 0 Å². The van der Waals surface area contributed by atoms with Gasteiger partial charge in [0.05, 0.1) is 6.61 Å². The van der Waals surface area contributed by atoms with Gasteiger partial charge in [-0.05, 0) is 42.9 Å². The summed E-state index contributed by atoms with van der Waals surface area (Å²) in [5.74, 6) is 1.98. The standard InChI is InChI=1S/C19H24N4OS2/c1-15-16(14-23-11-10-22-19(23)25-2)6-3-7-17(15)24-12-5-13-26-18-20-8-4-9-21-18/h3-4,6-11,18,20H,5,12-14H2,1-2H3. The van der Waals surface area contributed by atoms with Crippen molar-refractivity contribution in [2.24, 2.45) is 4.99 Å². The van der Waals surface area contributed by atoms with E-state index in [2.05, 4.69) is 38.9 Å². The Balaban J connectivity index is 1.49. The Bertz CT molecular complexity index is 773. The molecule has 0 saturated carbocycles. The van der Waals surface area contributed by atoms with Gasteiger partial charge in [0.25, 0.3) is 0 Å².